The monoisotopic (exact) mass is 334 g/mol. The molecule has 0 aliphatic carbocycles. The summed E-state index contributed by atoms with van der Waals surface area (Å²) >= 11 is 0. The van der Waals surface area contributed by atoms with Crippen LogP contribution in [0, 0.1) is 0 Å². The van der Waals surface area contributed by atoms with Crippen LogP contribution in [-0.2, 0) is 28.6 Å². The molecule has 0 bridgehead atoms. The lowest BCUT2D eigenvalue weighted by molar-refractivity contribution is -0.137. The van der Waals surface area contributed by atoms with Crippen LogP contribution < -0.4 is 10.6 Å². The van der Waals surface area contributed by atoms with Gasteiger partial charge in [-0.1, -0.05) is 12.1 Å². The second-order valence-electron chi connectivity index (χ2n) is 5.52. The number of halogens is 3. The second-order valence-corrected chi connectivity index (χ2v) is 5.52. The Morgan fingerprint density at radius 3 is 2.50 bits per heavy atom. The van der Waals surface area contributed by atoms with Crippen LogP contribution in [0.2, 0.25) is 0 Å². The van der Waals surface area contributed by atoms with Crippen LogP contribution in [0.4, 0.5) is 24.5 Å². The van der Waals surface area contributed by atoms with E-state index < -0.39 is 11.7 Å². The lowest BCUT2D eigenvalue weighted by atomic mass is 10.1. The summed E-state index contributed by atoms with van der Waals surface area (Å²) in [6, 6.07) is 9.51. The first kappa shape index (κ1) is 16.0. The topological polar surface area (TPSA) is 58.2 Å². The molecule has 1 aliphatic rings. The van der Waals surface area contributed by atoms with Gasteiger partial charge in [-0.3, -0.25) is 9.59 Å². The molecule has 0 saturated carbocycles. The molecular formula is C17H13F3N2O2. The number of alkyl halides is 3. The van der Waals surface area contributed by atoms with E-state index in [1.165, 1.54) is 12.1 Å². The minimum Gasteiger partial charge on any atom is -0.326 e. The molecule has 2 aromatic rings. The number of rotatable bonds is 3. The van der Waals surface area contributed by atoms with Crippen LogP contribution in [0.15, 0.2) is 42.5 Å². The van der Waals surface area contributed by atoms with Crippen molar-refractivity contribution < 1.29 is 22.8 Å². The molecule has 1 aliphatic heterocycles. The predicted molar refractivity (Wildman–Crippen MR) is 82.6 cm³/mol. The van der Waals surface area contributed by atoms with Crippen molar-refractivity contribution in [3.05, 3.63) is 59.2 Å². The van der Waals surface area contributed by atoms with E-state index in [1.807, 2.05) is 0 Å². The van der Waals surface area contributed by atoms with Crippen molar-refractivity contribution in [1.82, 2.24) is 0 Å². The predicted octanol–water partition coefficient (Wildman–Crippen LogP) is 3.38. The third kappa shape index (κ3) is 3.56. The van der Waals surface area contributed by atoms with Crippen molar-refractivity contribution >= 4 is 23.2 Å². The summed E-state index contributed by atoms with van der Waals surface area (Å²) in [4.78, 5) is 23.3. The third-order valence-corrected chi connectivity index (χ3v) is 3.66. The third-order valence-electron chi connectivity index (χ3n) is 3.66. The summed E-state index contributed by atoms with van der Waals surface area (Å²) in [6.45, 7) is 0. The molecule has 0 unspecified atom stereocenters. The average molecular weight is 334 g/mol. The number of amides is 2. The first-order valence-corrected chi connectivity index (χ1v) is 7.20. The molecule has 2 aromatic carbocycles. The highest BCUT2D eigenvalue weighted by Gasteiger charge is 2.30. The molecule has 7 heteroatoms. The van der Waals surface area contributed by atoms with Crippen LogP contribution in [0.1, 0.15) is 16.7 Å². The van der Waals surface area contributed by atoms with E-state index in [0.717, 1.165) is 28.9 Å². The number of fused-ring (bicyclic) bond motifs is 1. The van der Waals surface area contributed by atoms with Crippen molar-refractivity contribution in [1.29, 1.82) is 0 Å². The highest BCUT2D eigenvalue weighted by molar-refractivity contribution is 5.99. The number of hydrogen-bond donors (Lipinski definition) is 2. The van der Waals surface area contributed by atoms with Gasteiger partial charge in [0.25, 0.3) is 0 Å². The van der Waals surface area contributed by atoms with E-state index in [9.17, 15) is 22.8 Å². The lowest BCUT2D eigenvalue weighted by Crippen LogP contribution is -2.14. The first-order valence-electron chi connectivity index (χ1n) is 7.20. The number of benzene rings is 2. The quantitative estimate of drug-likeness (QED) is 0.904. The number of nitrogens with one attached hydrogen (secondary N) is 2. The largest absolute Gasteiger partial charge is 0.416 e. The Bertz CT molecular complexity index is 798. The Morgan fingerprint density at radius 2 is 1.83 bits per heavy atom. The molecule has 24 heavy (non-hydrogen) atoms. The molecule has 0 saturated heterocycles. The van der Waals surface area contributed by atoms with E-state index in [0.29, 0.717) is 5.69 Å². The van der Waals surface area contributed by atoms with E-state index in [-0.39, 0.29) is 24.7 Å². The maximum atomic E-state index is 12.5. The van der Waals surface area contributed by atoms with Gasteiger partial charge in [0.15, 0.2) is 0 Å². The number of hydrogen-bond acceptors (Lipinski definition) is 2. The minimum atomic E-state index is -4.40. The molecule has 0 fully saturated rings. The van der Waals surface area contributed by atoms with Gasteiger partial charge in [0.05, 0.1) is 18.4 Å². The SMILES string of the molecule is O=C(Cc1ccc2c(c1)CC(=O)N2)Nc1ccc(C(F)(F)F)cc1. The van der Waals surface area contributed by atoms with Crippen molar-refractivity contribution in [2.75, 3.05) is 10.6 Å². The van der Waals surface area contributed by atoms with Crippen molar-refractivity contribution in [2.45, 2.75) is 19.0 Å². The van der Waals surface area contributed by atoms with Crippen LogP contribution in [-0.4, -0.2) is 11.8 Å². The molecule has 3 rings (SSSR count). The van der Waals surface area contributed by atoms with E-state index in [1.54, 1.807) is 18.2 Å². The molecule has 2 N–H and O–H groups in total. The van der Waals surface area contributed by atoms with Crippen LogP contribution in [0.25, 0.3) is 0 Å². The Balaban J connectivity index is 1.64. The standard InChI is InChI=1S/C17H13F3N2O2/c18-17(19,20)12-2-4-13(5-3-12)21-15(23)8-10-1-6-14-11(7-10)9-16(24)22-14/h1-7H,8-9H2,(H,21,23)(H,22,24). The first-order chi connectivity index (χ1) is 11.3. The zero-order chi connectivity index (χ0) is 17.3. The molecule has 4 nitrogen and oxygen atoms in total. The fourth-order valence-corrected chi connectivity index (χ4v) is 2.53. The molecule has 0 spiro atoms. The summed E-state index contributed by atoms with van der Waals surface area (Å²) in [6.07, 6.45) is -4.05. The van der Waals surface area contributed by atoms with Gasteiger partial charge in [-0.2, -0.15) is 13.2 Å². The zero-order valence-electron chi connectivity index (χ0n) is 12.4. The number of anilines is 2. The summed E-state index contributed by atoms with van der Waals surface area (Å²) in [5.74, 6) is -0.427. The van der Waals surface area contributed by atoms with Gasteiger partial charge >= 0.3 is 6.18 Å². The van der Waals surface area contributed by atoms with E-state index >= 15 is 0 Å². The number of carbonyl (C=O) groups is 2. The van der Waals surface area contributed by atoms with Crippen LogP contribution >= 0.6 is 0 Å². The van der Waals surface area contributed by atoms with E-state index in [4.69, 9.17) is 0 Å². The maximum absolute atomic E-state index is 12.5. The maximum Gasteiger partial charge on any atom is 0.416 e. The summed E-state index contributed by atoms with van der Waals surface area (Å²) in [5, 5.41) is 5.26. The molecule has 124 valence electrons. The second kappa shape index (κ2) is 5.99. The Hall–Kier alpha value is -2.83. The fourth-order valence-electron chi connectivity index (χ4n) is 2.53. The van der Waals surface area contributed by atoms with Gasteiger partial charge in [0.2, 0.25) is 11.8 Å². The fraction of sp³-hybridized carbons (Fsp3) is 0.176. The van der Waals surface area contributed by atoms with Gasteiger partial charge < -0.3 is 10.6 Å². The van der Waals surface area contributed by atoms with Crippen LogP contribution in [0.5, 0.6) is 0 Å². The highest BCUT2D eigenvalue weighted by atomic mass is 19.4. The Kier molecular flexibility index (Phi) is 4.01. The molecule has 0 radical (unpaired) electrons. The summed E-state index contributed by atoms with van der Waals surface area (Å²) in [7, 11) is 0. The summed E-state index contributed by atoms with van der Waals surface area (Å²) < 4.78 is 37.5. The average Bonchev–Trinajstić information content (AvgIpc) is 2.86. The molecular weight excluding hydrogens is 321 g/mol. The summed E-state index contributed by atoms with van der Waals surface area (Å²) in [5.41, 5.74) is 1.84. The Labute approximate surface area is 135 Å². The van der Waals surface area contributed by atoms with Crippen molar-refractivity contribution in [2.24, 2.45) is 0 Å². The smallest absolute Gasteiger partial charge is 0.326 e. The molecule has 1 heterocycles. The molecule has 0 aromatic heterocycles. The van der Waals surface area contributed by atoms with Gasteiger partial charge in [0, 0.05) is 11.4 Å². The van der Waals surface area contributed by atoms with E-state index in [2.05, 4.69) is 10.6 Å². The molecule has 0 atom stereocenters. The van der Waals surface area contributed by atoms with Gasteiger partial charge in [-0.25, -0.2) is 0 Å². The van der Waals surface area contributed by atoms with Gasteiger partial charge in [-0.05, 0) is 41.5 Å². The zero-order valence-corrected chi connectivity index (χ0v) is 12.4. The minimum absolute atomic E-state index is 0.0719. The lowest BCUT2D eigenvalue weighted by Gasteiger charge is -2.09. The Morgan fingerprint density at radius 1 is 1.12 bits per heavy atom. The van der Waals surface area contributed by atoms with Gasteiger partial charge in [0.1, 0.15) is 0 Å². The van der Waals surface area contributed by atoms with Gasteiger partial charge in [-0.15, -0.1) is 0 Å². The highest BCUT2D eigenvalue weighted by Crippen LogP contribution is 2.30. The van der Waals surface area contributed by atoms with Crippen LogP contribution in [0.3, 0.4) is 0 Å². The van der Waals surface area contributed by atoms with Crippen molar-refractivity contribution in [3.8, 4) is 0 Å². The van der Waals surface area contributed by atoms with Crippen molar-refractivity contribution in [3.63, 3.8) is 0 Å². The molecule has 2 amide bonds. The number of carbonyl (C=O) groups excluding carboxylic acids is 2. The normalized spacial score (nSPS) is 13.4.